The van der Waals surface area contributed by atoms with Crippen LogP contribution in [0.25, 0.3) is 0 Å². The SMILES string of the molecule is CCCCCCCCCCCCCCCc1c(CCC)ccc(C(=O)O)c1C(=O)O. The quantitative estimate of drug-likeness (QED) is 0.240. The fourth-order valence-electron chi connectivity index (χ4n) is 4.22. The molecule has 0 aromatic heterocycles. The predicted octanol–water partition coefficient (Wildman–Crippen LogP) is 7.67. The Morgan fingerprint density at radius 2 is 1.13 bits per heavy atom. The molecule has 0 aliphatic rings. The van der Waals surface area contributed by atoms with E-state index >= 15 is 0 Å². The Morgan fingerprint density at radius 3 is 1.57 bits per heavy atom. The van der Waals surface area contributed by atoms with Gasteiger partial charge in [0.05, 0.1) is 11.1 Å². The lowest BCUT2D eigenvalue weighted by atomic mass is 9.90. The molecule has 0 spiro atoms. The fraction of sp³-hybridized carbons (Fsp3) is 0.692. The number of aryl methyl sites for hydroxylation is 1. The average Bonchev–Trinajstić information content (AvgIpc) is 2.71. The van der Waals surface area contributed by atoms with Gasteiger partial charge in [0.2, 0.25) is 0 Å². The minimum absolute atomic E-state index is 0.00705. The topological polar surface area (TPSA) is 74.6 Å². The van der Waals surface area contributed by atoms with Crippen molar-refractivity contribution in [3.05, 3.63) is 34.4 Å². The van der Waals surface area contributed by atoms with Crippen molar-refractivity contribution in [3.8, 4) is 0 Å². The molecule has 0 unspecified atom stereocenters. The molecule has 1 rings (SSSR count). The molecule has 1 aromatic carbocycles. The minimum atomic E-state index is -1.16. The van der Waals surface area contributed by atoms with E-state index in [2.05, 4.69) is 13.8 Å². The third-order valence-corrected chi connectivity index (χ3v) is 5.90. The van der Waals surface area contributed by atoms with Crippen LogP contribution >= 0.6 is 0 Å². The summed E-state index contributed by atoms with van der Waals surface area (Å²) < 4.78 is 0. The summed E-state index contributed by atoms with van der Waals surface area (Å²) >= 11 is 0. The maximum absolute atomic E-state index is 11.8. The Kier molecular flexibility index (Phi) is 13.9. The number of carboxylic acids is 2. The van der Waals surface area contributed by atoms with Crippen LogP contribution in [-0.4, -0.2) is 22.2 Å². The van der Waals surface area contributed by atoms with E-state index in [0.717, 1.165) is 36.8 Å². The van der Waals surface area contributed by atoms with Gasteiger partial charge in [-0.15, -0.1) is 0 Å². The van der Waals surface area contributed by atoms with E-state index in [4.69, 9.17) is 0 Å². The third kappa shape index (κ3) is 9.77. The summed E-state index contributed by atoms with van der Waals surface area (Å²) in [4.78, 5) is 23.2. The predicted molar refractivity (Wildman–Crippen MR) is 124 cm³/mol. The Bertz CT molecular complexity index is 636. The molecule has 4 nitrogen and oxygen atoms in total. The molecule has 0 atom stereocenters. The highest BCUT2D eigenvalue weighted by molar-refractivity contribution is 6.03. The van der Waals surface area contributed by atoms with Gasteiger partial charge in [0, 0.05) is 0 Å². The normalized spacial score (nSPS) is 11.0. The monoisotopic (exact) mass is 418 g/mol. The summed E-state index contributed by atoms with van der Waals surface area (Å²) in [5.41, 5.74) is 1.62. The van der Waals surface area contributed by atoms with Crippen molar-refractivity contribution in [2.45, 2.75) is 117 Å². The first-order chi connectivity index (χ1) is 14.5. The molecule has 0 radical (unpaired) electrons. The summed E-state index contributed by atoms with van der Waals surface area (Å²) in [5.74, 6) is -2.29. The van der Waals surface area contributed by atoms with Crippen LogP contribution in [0.1, 0.15) is 136 Å². The lowest BCUT2D eigenvalue weighted by molar-refractivity contribution is 0.0650. The van der Waals surface area contributed by atoms with Crippen LogP contribution in [0.4, 0.5) is 0 Å². The summed E-state index contributed by atoms with van der Waals surface area (Å²) in [6.07, 6.45) is 18.9. The zero-order chi connectivity index (χ0) is 22.2. The van der Waals surface area contributed by atoms with Crippen LogP contribution in [0, 0.1) is 0 Å². The molecule has 4 heteroatoms. The molecule has 0 aliphatic carbocycles. The second kappa shape index (κ2) is 15.9. The molecule has 0 aliphatic heterocycles. The summed E-state index contributed by atoms with van der Waals surface area (Å²) in [5, 5.41) is 19.0. The Labute approximate surface area is 183 Å². The number of carbonyl (C=O) groups is 2. The van der Waals surface area contributed by atoms with Crippen LogP contribution in [0.5, 0.6) is 0 Å². The van der Waals surface area contributed by atoms with Gasteiger partial charge in [0.15, 0.2) is 0 Å². The van der Waals surface area contributed by atoms with Crippen molar-refractivity contribution >= 4 is 11.9 Å². The molecule has 1 aromatic rings. The highest BCUT2D eigenvalue weighted by atomic mass is 16.4. The van der Waals surface area contributed by atoms with E-state index in [1.165, 1.54) is 76.7 Å². The van der Waals surface area contributed by atoms with Gasteiger partial charge in [-0.3, -0.25) is 0 Å². The first kappa shape index (κ1) is 26.2. The second-order valence-corrected chi connectivity index (χ2v) is 8.48. The highest BCUT2D eigenvalue weighted by Crippen LogP contribution is 2.24. The smallest absolute Gasteiger partial charge is 0.336 e. The van der Waals surface area contributed by atoms with Gasteiger partial charge in [-0.2, -0.15) is 0 Å². The molecule has 2 N–H and O–H groups in total. The van der Waals surface area contributed by atoms with E-state index in [1.807, 2.05) is 0 Å². The van der Waals surface area contributed by atoms with E-state index in [1.54, 1.807) is 6.07 Å². The zero-order valence-corrected chi connectivity index (χ0v) is 19.2. The third-order valence-electron chi connectivity index (χ3n) is 5.90. The van der Waals surface area contributed by atoms with E-state index in [0.29, 0.717) is 6.42 Å². The molecule has 170 valence electrons. The van der Waals surface area contributed by atoms with Gasteiger partial charge in [-0.25, -0.2) is 9.59 Å². The van der Waals surface area contributed by atoms with Gasteiger partial charge in [-0.1, -0.05) is 103 Å². The Balaban J connectivity index is 2.38. The van der Waals surface area contributed by atoms with Gasteiger partial charge < -0.3 is 10.2 Å². The molecular formula is C26H42O4. The Morgan fingerprint density at radius 1 is 0.633 bits per heavy atom. The summed E-state index contributed by atoms with van der Waals surface area (Å²) in [6, 6.07) is 3.25. The number of rotatable bonds is 18. The maximum atomic E-state index is 11.8. The van der Waals surface area contributed by atoms with E-state index in [9.17, 15) is 19.8 Å². The standard InChI is InChI=1S/C26H42O4/c1-3-5-6-7-8-9-10-11-12-13-14-15-16-18-22-21(17-4-2)19-20-23(25(27)28)24(22)26(29)30/h19-20H,3-18H2,1-2H3,(H,27,28)(H,29,30). The highest BCUT2D eigenvalue weighted by Gasteiger charge is 2.22. The minimum Gasteiger partial charge on any atom is -0.478 e. The first-order valence-corrected chi connectivity index (χ1v) is 12.1. The van der Waals surface area contributed by atoms with Crippen molar-refractivity contribution in [1.29, 1.82) is 0 Å². The van der Waals surface area contributed by atoms with Crippen LogP contribution < -0.4 is 0 Å². The van der Waals surface area contributed by atoms with Crippen LogP contribution in [-0.2, 0) is 12.8 Å². The van der Waals surface area contributed by atoms with Crippen molar-refractivity contribution in [2.24, 2.45) is 0 Å². The number of aromatic carboxylic acids is 2. The fourth-order valence-corrected chi connectivity index (χ4v) is 4.22. The van der Waals surface area contributed by atoms with E-state index < -0.39 is 11.9 Å². The van der Waals surface area contributed by atoms with Crippen molar-refractivity contribution in [2.75, 3.05) is 0 Å². The van der Waals surface area contributed by atoms with Crippen LogP contribution in [0.3, 0.4) is 0 Å². The van der Waals surface area contributed by atoms with Gasteiger partial charge in [0.1, 0.15) is 0 Å². The van der Waals surface area contributed by atoms with Crippen molar-refractivity contribution in [3.63, 3.8) is 0 Å². The molecular weight excluding hydrogens is 376 g/mol. The molecule has 0 fully saturated rings. The van der Waals surface area contributed by atoms with E-state index in [-0.39, 0.29) is 11.1 Å². The Hall–Kier alpha value is -1.84. The lowest BCUT2D eigenvalue weighted by Gasteiger charge is -2.15. The number of hydrogen-bond acceptors (Lipinski definition) is 2. The summed E-state index contributed by atoms with van der Waals surface area (Å²) in [6.45, 7) is 4.31. The van der Waals surface area contributed by atoms with Crippen LogP contribution in [0.2, 0.25) is 0 Å². The van der Waals surface area contributed by atoms with Crippen molar-refractivity contribution < 1.29 is 19.8 Å². The first-order valence-electron chi connectivity index (χ1n) is 12.1. The van der Waals surface area contributed by atoms with Gasteiger partial charge in [-0.05, 0) is 36.5 Å². The molecule has 0 saturated heterocycles. The maximum Gasteiger partial charge on any atom is 0.336 e. The number of hydrogen-bond donors (Lipinski definition) is 2. The molecule has 0 bridgehead atoms. The second-order valence-electron chi connectivity index (χ2n) is 8.48. The average molecular weight is 419 g/mol. The largest absolute Gasteiger partial charge is 0.478 e. The zero-order valence-electron chi connectivity index (χ0n) is 19.2. The number of unbranched alkanes of at least 4 members (excludes halogenated alkanes) is 12. The summed E-state index contributed by atoms with van der Waals surface area (Å²) in [7, 11) is 0. The lowest BCUT2D eigenvalue weighted by Crippen LogP contribution is -2.14. The molecule has 0 amide bonds. The number of benzene rings is 1. The van der Waals surface area contributed by atoms with Gasteiger partial charge in [0.25, 0.3) is 0 Å². The number of carboxylic acid groups (broad SMARTS) is 2. The van der Waals surface area contributed by atoms with Gasteiger partial charge >= 0.3 is 11.9 Å². The van der Waals surface area contributed by atoms with Crippen molar-refractivity contribution in [1.82, 2.24) is 0 Å². The van der Waals surface area contributed by atoms with Crippen LogP contribution in [0.15, 0.2) is 12.1 Å². The molecule has 0 saturated carbocycles. The molecule has 30 heavy (non-hydrogen) atoms. The molecule has 0 heterocycles.